The summed E-state index contributed by atoms with van der Waals surface area (Å²) in [5.74, 6) is 1.75. The molecule has 28 heavy (non-hydrogen) atoms. The van der Waals surface area contributed by atoms with Gasteiger partial charge in [0.05, 0.1) is 5.69 Å². The topological polar surface area (TPSA) is 90.0 Å². The van der Waals surface area contributed by atoms with Crippen LogP contribution >= 0.6 is 0 Å². The molecule has 2 N–H and O–H groups in total. The van der Waals surface area contributed by atoms with Gasteiger partial charge < -0.3 is 10.2 Å². The number of H-pyrrole nitrogens is 1. The second-order valence-corrected chi connectivity index (χ2v) is 7.76. The molecule has 4 rings (SSSR count). The van der Waals surface area contributed by atoms with Gasteiger partial charge in [-0.2, -0.15) is 0 Å². The SMILES string of the molecule is CNc1ncc(CN2CCC(c3cc(=O)[nH]c(N4CCCCC4)n3)CC2)cn1. The number of nitrogens with zero attached hydrogens (tertiary/aromatic N) is 5. The van der Waals surface area contributed by atoms with Crippen LogP contribution in [0.1, 0.15) is 49.3 Å². The van der Waals surface area contributed by atoms with Crippen LogP contribution in [0, 0.1) is 0 Å². The molecule has 2 aliphatic heterocycles. The molecule has 2 aromatic heterocycles. The molecule has 0 aliphatic carbocycles. The van der Waals surface area contributed by atoms with E-state index in [9.17, 15) is 4.79 Å². The van der Waals surface area contributed by atoms with Gasteiger partial charge in [-0.05, 0) is 45.2 Å². The smallest absolute Gasteiger partial charge is 0.252 e. The van der Waals surface area contributed by atoms with Crippen molar-refractivity contribution < 1.29 is 0 Å². The third kappa shape index (κ3) is 4.49. The number of hydrogen-bond donors (Lipinski definition) is 2. The summed E-state index contributed by atoms with van der Waals surface area (Å²) < 4.78 is 0. The zero-order valence-electron chi connectivity index (χ0n) is 16.5. The normalized spacial score (nSPS) is 19.0. The summed E-state index contributed by atoms with van der Waals surface area (Å²) >= 11 is 0. The fraction of sp³-hybridized carbons (Fsp3) is 0.600. The molecular formula is C20H29N7O. The molecule has 2 aromatic rings. The number of piperidine rings is 2. The fourth-order valence-corrected chi connectivity index (χ4v) is 4.14. The number of anilines is 2. The number of hydrogen-bond acceptors (Lipinski definition) is 7. The highest BCUT2D eigenvalue weighted by atomic mass is 16.1. The van der Waals surface area contributed by atoms with Crippen LogP contribution in [0.4, 0.5) is 11.9 Å². The maximum Gasteiger partial charge on any atom is 0.252 e. The Morgan fingerprint density at radius 3 is 2.50 bits per heavy atom. The quantitative estimate of drug-likeness (QED) is 0.816. The third-order valence-electron chi connectivity index (χ3n) is 5.75. The predicted octanol–water partition coefficient (Wildman–Crippen LogP) is 1.97. The van der Waals surface area contributed by atoms with Crippen LogP contribution in [-0.4, -0.2) is 58.1 Å². The summed E-state index contributed by atoms with van der Waals surface area (Å²) in [6.07, 6.45) is 9.41. The van der Waals surface area contributed by atoms with Gasteiger partial charge in [0, 0.05) is 56.6 Å². The van der Waals surface area contributed by atoms with Crippen molar-refractivity contribution in [1.29, 1.82) is 0 Å². The Morgan fingerprint density at radius 2 is 1.82 bits per heavy atom. The van der Waals surface area contributed by atoms with Crippen molar-refractivity contribution in [3.8, 4) is 0 Å². The van der Waals surface area contributed by atoms with Crippen LogP contribution in [0.2, 0.25) is 0 Å². The zero-order valence-corrected chi connectivity index (χ0v) is 16.5. The van der Waals surface area contributed by atoms with Gasteiger partial charge in [0.15, 0.2) is 0 Å². The van der Waals surface area contributed by atoms with Gasteiger partial charge in [0.1, 0.15) is 0 Å². The minimum absolute atomic E-state index is 0.0326. The molecule has 0 atom stereocenters. The molecule has 0 spiro atoms. The van der Waals surface area contributed by atoms with E-state index in [1.54, 1.807) is 6.07 Å². The van der Waals surface area contributed by atoms with Gasteiger partial charge in [-0.3, -0.25) is 14.7 Å². The van der Waals surface area contributed by atoms with E-state index in [0.717, 1.165) is 62.8 Å². The molecule has 2 aliphatic rings. The zero-order chi connectivity index (χ0) is 19.3. The van der Waals surface area contributed by atoms with Gasteiger partial charge in [0.2, 0.25) is 11.9 Å². The van der Waals surface area contributed by atoms with Crippen molar-refractivity contribution in [2.45, 2.75) is 44.6 Å². The van der Waals surface area contributed by atoms with E-state index in [2.05, 4.69) is 30.1 Å². The van der Waals surface area contributed by atoms with Crippen LogP contribution in [0.15, 0.2) is 23.3 Å². The molecule has 0 aromatic carbocycles. The lowest BCUT2D eigenvalue weighted by Gasteiger charge is -2.32. The Balaban J connectivity index is 1.37. The molecule has 0 unspecified atom stereocenters. The highest BCUT2D eigenvalue weighted by Crippen LogP contribution is 2.28. The Kier molecular flexibility index (Phi) is 5.85. The molecule has 150 valence electrons. The summed E-state index contributed by atoms with van der Waals surface area (Å²) in [5, 5.41) is 2.94. The summed E-state index contributed by atoms with van der Waals surface area (Å²) in [6, 6.07) is 1.69. The minimum Gasteiger partial charge on any atom is -0.357 e. The van der Waals surface area contributed by atoms with E-state index in [-0.39, 0.29) is 5.56 Å². The second kappa shape index (κ2) is 8.68. The standard InChI is InChI=1S/C20H29N7O/c1-21-19-22-12-15(13-23-19)14-26-9-5-16(6-10-26)17-11-18(28)25-20(24-17)27-7-3-2-4-8-27/h11-13,16H,2-10,14H2,1H3,(H,21,22,23)(H,24,25,28). The molecule has 0 bridgehead atoms. The maximum atomic E-state index is 12.2. The summed E-state index contributed by atoms with van der Waals surface area (Å²) in [6.45, 7) is 4.81. The average molecular weight is 384 g/mol. The largest absolute Gasteiger partial charge is 0.357 e. The van der Waals surface area contributed by atoms with Crippen molar-refractivity contribution >= 4 is 11.9 Å². The van der Waals surface area contributed by atoms with Crippen LogP contribution in [0.3, 0.4) is 0 Å². The lowest BCUT2D eigenvalue weighted by molar-refractivity contribution is 0.203. The Hall–Kier alpha value is -2.48. The van der Waals surface area contributed by atoms with Gasteiger partial charge in [0.25, 0.3) is 5.56 Å². The Bertz CT molecular complexity index is 821. The summed E-state index contributed by atoms with van der Waals surface area (Å²) in [4.78, 5) is 33.2. The fourth-order valence-electron chi connectivity index (χ4n) is 4.14. The molecule has 2 saturated heterocycles. The molecular weight excluding hydrogens is 354 g/mol. The number of aromatic amines is 1. The van der Waals surface area contributed by atoms with Crippen LogP contribution < -0.4 is 15.8 Å². The first-order valence-electron chi connectivity index (χ1n) is 10.3. The molecule has 0 saturated carbocycles. The van der Waals surface area contributed by atoms with Crippen LogP contribution in [-0.2, 0) is 6.54 Å². The van der Waals surface area contributed by atoms with E-state index in [1.165, 1.54) is 19.3 Å². The molecule has 0 amide bonds. The number of aromatic nitrogens is 4. The van der Waals surface area contributed by atoms with Crippen molar-refractivity contribution in [1.82, 2.24) is 24.8 Å². The van der Waals surface area contributed by atoms with E-state index in [4.69, 9.17) is 4.98 Å². The first-order chi connectivity index (χ1) is 13.7. The van der Waals surface area contributed by atoms with E-state index in [0.29, 0.717) is 11.9 Å². The predicted molar refractivity (Wildman–Crippen MR) is 110 cm³/mol. The molecule has 8 nitrogen and oxygen atoms in total. The third-order valence-corrected chi connectivity index (χ3v) is 5.75. The molecule has 4 heterocycles. The summed E-state index contributed by atoms with van der Waals surface area (Å²) in [7, 11) is 1.82. The number of likely N-dealkylation sites (tertiary alicyclic amines) is 1. The Morgan fingerprint density at radius 1 is 1.11 bits per heavy atom. The highest BCUT2D eigenvalue weighted by molar-refractivity contribution is 5.31. The summed E-state index contributed by atoms with van der Waals surface area (Å²) in [5.41, 5.74) is 2.04. The van der Waals surface area contributed by atoms with E-state index >= 15 is 0 Å². The van der Waals surface area contributed by atoms with Crippen molar-refractivity contribution in [3.05, 3.63) is 40.1 Å². The minimum atomic E-state index is -0.0326. The first-order valence-corrected chi connectivity index (χ1v) is 10.3. The average Bonchev–Trinajstić information content (AvgIpc) is 2.75. The second-order valence-electron chi connectivity index (χ2n) is 7.76. The van der Waals surface area contributed by atoms with Crippen molar-refractivity contribution in [3.63, 3.8) is 0 Å². The van der Waals surface area contributed by atoms with Gasteiger partial charge in [-0.25, -0.2) is 15.0 Å². The highest BCUT2D eigenvalue weighted by Gasteiger charge is 2.23. The van der Waals surface area contributed by atoms with Crippen LogP contribution in [0.25, 0.3) is 0 Å². The van der Waals surface area contributed by atoms with E-state index in [1.807, 2.05) is 19.4 Å². The molecule has 0 radical (unpaired) electrons. The van der Waals surface area contributed by atoms with Crippen molar-refractivity contribution in [2.24, 2.45) is 0 Å². The van der Waals surface area contributed by atoms with Gasteiger partial charge >= 0.3 is 0 Å². The number of rotatable bonds is 5. The van der Waals surface area contributed by atoms with E-state index < -0.39 is 0 Å². The maximum absolute atomic E-state index is 12.2. The molecule has 8 heteroatoms. The van der Waals surface area contributed by atoms with Gasteiger partial charge in [-0.1, -0.05) is 0 Å². The van der Waals surface area contributed by atoms with Crippen molar-refractivity contribution in [2.75, 3.05) is 43.4 Å². The Labute approximate surface area is 165 Å². The van der Waals surface area contributed by atoms with Gasteiger partial charge in [-0.15, -0.1) is 0 Å². The first kappa shape index (κ1) is 18.9. The lowest BCUT2D eigenvalue weighted by Crippen LogP contribution is -2.35. The van der Waals surface area contributed by atoms with Crippen LogP contribution in [0.5, 0.6) is 0 Å². The number of nitrogens with one attached hydrogen (secondary N) is 2. The monoisotopic (exact) mass is 383 g/mol. The lowest BCUT2D eigenvalue weighted by atomic mass is 9.93. The molecule has 2 fully saturated rings.